The van der Waals surface area contributed by atoms with Gasteiger partial charge >= 0.3 is 0 Å². The van der Waals surface area contributed by atoms with Crippen molar-refractivity contribution < 1.29 is 5.11 Å². The molecule has 0 aromatic heterocycles. The quantitative estimate of drug-likeness (QED) is 0.877. The highest BCUT2D eigenvalue weighted by Gasteiger charge is 2.16. The Labute approximate surface area is 124 Å². The van der Waals surface area contributed by atoms with Gasteiger partial charge in [0.1, 0.15) is 5.75 Å². The molecule has 0 saturated carbocycles. The van der Waals surface area contributed by atoms with Crippen LogP contribution in [0.3, 0.4) is 0 Å². The number of para-hydroxylation sites is 1. The van der Waals surface area contributed by atoms with Gasteiger partial charge in [-0.05, 0) is 55.0 Å². The van der Waals surface area contributed by atoms with E-state index in [0.717, 1.165) is 19.3 Å². The molecule has 0 radical (unpaired) electrons. The average molecular weight is 288 g/mol. The molecule has 0 amide bonds. The van der Waals surface area contributed by atoms with E-state index in [1.807, 2.05) is 12.1 Å². The topological polar surface area (TPSA) is 32.3 Å². The molecule has 2 aromatic carbocycles. The number of halogens is 1. The lowest BCUT2D eigenvalue weighted by molar-refractivity contribution is 0.475. The van der Waals surface area contributed by atoms with Crippen molar-refractivity contribution in [3.63, 3.8) is 0 Å². The molecule has 1 heterocycles. The van der Waals surface area contributed by atoms with Crippen molar-refractivity contribution >= 4 is 17.3 Å². The zero-order chi connectivity index (χ0) is 13.9. The summed E-state index contributed by atoms with van der Waals surface area (Å²) in [6, 6.07) is 14.5. The molecular formula is C17H18ClNO. The second-order valence-corrected chi connectivity index (χ2v) is 5.77. The molecule has 2 aromatic rings. The van der Waals surface area contributed by atoms with Crippen molar-refractivity contribution in [1.82, 2.24) is 0 Å². The monoisotopic (exact) mass is 287 g/mol. The standard InChI is InChI=1S/C17H18ClNO/c18-15-11-12(6-10-17(15)20)5-8-14-9-7-13-3-1-2-4-16(13)19-14/h1-4,6,10-11,14,19-20H,5,7-9H2. The van der Waals surface area contributed by atoms with Crippen molar-refractivity contribution in [2.45, 2.75) is 31.7 Å². The van der Waals surface area contributed by atoms with E-state index in [9.17, 15) is 5.11 Å². The maximum atomic E-state index is 9.43. The van der Waals surface area contributed by atoms with Crippen molar-refractivity contribution in [2.24, 2.45) is 0 Å². The van der Waals surface area contributed by atoms with Gasteiger partial charge in [-0.3, -0.25) is 0 Å². The Kier molecular flexibility index (Phi) is 3.83. The zero-order valence-corrected chi connectivity index (χ0v) is 12.0. The van der Waals surface area contributed by atoms with Crippen LogP contribution in [0.1, 0.15) is 24.0 Å². The van der Waals surface area contributed by atoms with Crippen LogP contribution >= 0.6 is 11.6 Å². The van der Waals surface area contributed by atoms with E-state index in [2.05, 4.69) is 29.6 Å². The lowest BCUT2D eigenvalue weighted by Gasteiger charge is -2.27. The Morgan fingerprint density at radius 2 is 2.05 bits per heavy atom. The van der Waals surface area contributed by atoms with Gasteiger partial charge in [0.2, 0.25) is 0 Å². The molecule has 1 aliphatic heterocycles. The van der Waals surface area contributed by atoms with Crippen molar-refractivity contribution in [2.75, 3.05) is 5.32 Å². The Balaban J connectivity index is 1.61. The summed E-state index contributed by atoms with van der Waals surface area (Å²) in [5, 5.41) is 13.5. The van der Waals surface area contributed by atoms with Gasteiger partial charge in [0.05, 0.1) is 5.02 Å². The molecule has 0 bridgehead atoms. The number of phenols is 1. The molecule has 20 heavy (non-hydrogen) atoms. The van der Waals surface area contributed by atoms with E-state index in [0.29, 0.717) is 11.1 Å². The summed E-state index contributed by atoms with van der Waals surface area (Å²) in [7, 11) is 0. The van der Waals surface area contributed by atoms with Crippen LogP contribution in [-0.4, -0.2) is 11.1 Å². The molecule has 2 nitrogen and oxygen atoms in total. The lowest BCUT2D eigenvalue weighted by atomic mass is 9.94. The van der Waals surface area contributed by atoms with Gasteiger partial charge in [-0.25, -0.2) is 0 Å². The van der Waals surface area contributed by atoms with E-state index in [1.54, 1.807) is 6.07 Å². The highest BCUT2D eigenvalue weighted by Crippen LogP contribution is 2.28. The second-order valence-electron chi connectivity index (χ2n) is 5.36. The Hall–Kier alpha value is -1.67. The number of hydrogen-bond acceptors (Lipinski definition) is 2. The third kappa shape index (κ3) is 2.91. The number of aromatic hydroxyl groups is 1. The van der Waals surface area contributed by atoms with E-state index < -0.39 is 0 Å². The summed E-state index contributed by atoms with van der Waals surface area (Å²) in [4.78, 5) is 0. The van der Waals surface area contributed by atoms with Gasteiger partial charge in [-0.2, -0.15) is 0 Å². The Bertz CT molecular complexity index is 612. The number of fused-ring (bicyclic) bond motifs is 1. The van der Waals surface area contributed by atoms with E-state index >= 15 is 0 Å². The SMILES string of the molecule is Oc1ccc(CCC2CCc3ccccc3N2)cc1Cl. The molecule has 1 unspecified atom stereocenters. The van der Waals surface area contributed by atoms with Crippen LogP contribution in [0, 0.1) is 0 Å². The maximum absolute atomic E-state index is 9.43. The maximum Gasteiger partial charge on any atom is 0.134 e. The molecule has 1 atom stereocenters. The minimum Gasteiger partial charge on any atom is -0.506 e. The summed E-state index contributed by atoms with van der Waals surface area (Å²) in [5.74, 6) is 0.153. The fourth-order valence-corrected chi connectivity index (χ4v) is 2.97. The zero-order valence-electron chi connectivity index (χ0n) is 11.3. The fraction of sp³-hybridized carbons (Fsp3) is 0.294. The van der Waals surface area contributed by atoms with E-state index in [-0.39, 0.29) is 5.75 Å². The predicted octanol–water partition coefficient (Wildman–Crippen LogP) is 4.41. The van der Waals surface area contributed by atoms with Crippen molar-refractivity contribution in [3.8, 4) is 5.75 Å². The summed E-state index contributed by atoms with van der Waals surface area (Å²) >= 11 is 5.94. The number of nitrogens with one attached hydrogen (secondary N) is 1. The molecule has 0 fully saturated rings. The summed E-state index contributed by atoms with van der Waals surface area (Å²) < 4.78 is 0. The third-order valence-electron chi connectivity index (χ3n) is 3.93. The number of aryl methyl sites for hydroxylation is 2. The number of anilines is 1. The first-order chi connectivity index (χ1) is 9.72. The largest absolute Gasteiger partial charge is 0.506 e. The molecule has 0 spiro atoms. The molecular weight excluding hydrogens is 270 g/mol. The van der Waals surface area contributed by atoms with Gasteiger partial charge < -0.3 is 10.4 Å². The van der Waals surface area contributed by atoms with Crippen LogP contribution in [0.25, 0.3) is 0 Å². The molecule has 3 heteroatoms. The molecule has 1 aliphatic rings. The average Bonchev–Trinajstić information content (AvgIpc) is 2.48. The van der Waals surface area contributed by atoms with Crippen LogP contribution in [-0.2, 0) is 12.8 Å². The third-order valence-corrected chi connectivity index (χ3v) is 4.24. The van der Waals surface area contributed by atoms with Crippen molar-refractivity contribution in [1.29, 1.82) is 0 Å². The number of rotatable bonds is 3. The fourth-order valence-electron chi connectivity index (χ4n) is 2.76. The first-order valence-electron chi connectivity index (χ1n) is 7.04. The number of phenolic OH excluding ortho intramolecular Hbond substituents is 1. The summed E-state index contributed by atoms with van der Waals surface area (Å²) in [5.41, 5.74) is 3.86. The van der Waals surface area contributed by atoms with Gasteiger partial charge in [-0.15, -0.1) is 0 Å². The minimum atomic E-state index is 0.153. The normalized spacial score (nSPS) is 17.4. The van der Waals surface area contributed by atoms with E-state index in [4.69, 9.17) is 11.6 Å². The van der Waals surface area contributed by atoms with Crippen LogP contribution in [0.15, 0.2) is 42.5 Å². The second kappa shape index (κ2) is 5.76. The number of benzene rings is 2. The molecule has 104 valence electrons. The van der Waals surface area contributed by atoms with Crippen molar-refractivity contribution in [3.05, 3.63) is 58.6 Å². The van der Waals surface area contributed by atoms with Gasteiger partial charge in [0.15, 0.2) is 0 Å². The van der Waals surface area contributed by atoms with Gasteiger partial charge in [0.25, 0.3) is 0 Å². The first-order valence-corrected chi connectivity index (χ1v) is 7.42. The Morgan fingerprint density at radius 1 is 1.20 bits per heavy atom. The minimum absolute atomic E-state index is 0.153. The predicted molar refractivity (Wildman–Crippen MR) is 83.6 cm³/mol. The van der Waals surface area contributed by atoms with Gasteiger partial charge in [0, 0.05) is 11.7 Å². The molecule has 0 aliphatic carbocycles. The molecule has 3 rings (SSSR count). The Morgan fingerprint density at radius 3 is 2.90 bits per heavy atom. The van der Waals surface area contributed by atoms with Gasteiger partial charge in [-0.1, -0.05) is 35.9 Å². The molecule has 2 N–H and O–H groups in total. The summed E-state index contributed by atoms with van der Waals surface area (Å²) in [6.07, 6.45) is 4.36. The smallest absolute Gasteiger partial charge is 0.134 e. The van der Waals surface area contributed by atoms with Crippen LogP contribution < -0.4 is 5.32 Å². The highest BCUT2D eigenvalue weighted by molar-refractivity contribution is 6.32. The van der Waals surface area contributed by atoms with Crippen LogP contribution in [0.2, 0.25) is 5.02 Å². The first kappa shape index (κ1) is 13.3. The van der Waals surface area contributed by atoms with Crippen LogP contribution in [0.4, 0.5) is 5.69 Å². The molecule has 0 saturated heterocycles. The van der Waals surface area contributed by atoms with E-state index in [1.165, 1.54) is 23.2 Å². The summed E-state index contributed by atoms with van der Waals surface area (Å²) in [6.45, 7) is 0. The lowest BCUT2D eigenvalue weighted by Crippen LogP contribution is -2.25. The highest BCUT2D eigenvalue weighted by atomic mass is 35.5. The number of hydrogen-bond donors (Lipinski definition) is 2. The van der Waals surface area contributed by atoms with Crippen LogP contribution in [0.5, 0.6) is 5.75 Å².